The van der Waals surface area contributed by atoms with Crippen LogP contribution in [-0.2, 0) is 16.2 Å². The van der Waals surface area contributed by atoms with Gasteiger partial charge in [-0.05, 0) is 61.6 Å². The van der Waals surface area contributed by atoms with E-state index in [1.165, 1.54) is 4.90 Å². The van der Waals surface area contributed by atoms with Gasteiger partial charge in [0.15, 0.2) is 0 Å². The van der Waals surface area contributed by atoms with Crippen molar-refractivity contribution in [2.45, 2.75) is 12.6 Å². The molecule has 1 N–H and O–H groups in total. The van der Waals surface area contributed by atoms with Gasteiger partial charge in [0.2, 0.25) is 0 Å². The molecule has 3 aromatic carbocycles. The summed E-state index contributed by atoms with van der Waals surface area (Å²) in [5, 5.41) is 11.2. The van der Waals surface area contributed by atoms with Crippen molar-refractivity contribution in [1.82, 2.24) is 9.80 Å². The van der Waals surface area contributed by atoms with Crippen LogP contribution in [0.1, 0.15) is 22.7 Å². The zero-order valence-corrected chi connectivity index (χ0v) is 21.2. The Morgan fingerprint density at radius 2 is 1.71 bits per heavy atom. The highest BCUT2D eigenvalue weighted by molar-refractivity contribution is 9.10. The molecule has 180 valence electrons. The van der Waals surface area contributed by atoms with Gasteiger partial charge in [-0.15, -0.1) is 0 Å². The van der Waals surface area contributed by atoms with Crippen LogP contribution in [0.5, 0.6) is 5.75 Å². The van der Waals surface area contributed by atoms with E-state index < -0.39 is 17.7 Å². The molecule has 7 heteroatoms. The summed E-state index contributed by atoms with van der Waals surface area (Å²) in [4.78, 5) is 29.6. The summed E-state index contributed by atoms with van der Waals surface area (Å²) in [6.07, 6.45) is 0. The fourth-order valence-corrected chi connectivity index (χ4v) is 4.46. The van der Waals surface area contributed by atoms with Crippen molar-refractivity contribution in [2.75, 3.05) is 27.2 Å². The van der Waals surface area contributed by atoms with Gasteiger partial charge in [-0.25, -0.2) is 0 Å². The Morgan fingerprint density at radius 1 is 1.00 bits per heavy atom. The molecule has 1 unspecified atom stereocenters. The molecule has 4 rings (SSSR count). The molecule has 1 saturated heterocycles. The summed E-state index contributed by atoms with van der Waals surface area (Å²) in [6, 6.07) is 23.5. The number of benzene rings is 3. The number of amides is 1. The number of aliphatic hydroxyl groups excluding tert-OH is 1. The van der Waals surface area contributed by atoms with E-state index in [4.69, 9.17) is 4.74 Å². The average molecular weight is 535 g/mol. The maximum atomic E-state index is 13.1. The highest BCUT2D eigenvalue weighted by Gasteiger charge is 2.45. The normalized spacial score (nSPS) is 17.3. The second-order valence-electron chi connectivity index (χ2n) is 8.65. The van der Waals surface area contributed by atoms with Gasteiger partial charge in [-0.1, -0.05) is 58.4 Å². The number of nitrogens with zero attached hydrogens (tertiary/aromatic N) is 2. The number of likely N-dealkylation sites (N-methyl/N-ethyl adjacent to an activating group) is 1. The third-order valence-corrected chi connectivity index (χ3v) is 6.36. The largest absolute Gasteiger partial charge is 0.507 e. The first-order valence-corrected chi connectivity index (χ1v) is 12.1. The second kappa shape index (κ2) is 10.9. The molecule has 35 heavy (non-hydrogen) atoms. The van der Waals surface area contributed by atoms with Gasteiger partial charge in [0.1, 0.15) is 18.1 Å². The molecule has 1 amide bonds. The topological polar surface area (TPSA) is 70.1 Å². The Labute approximate surface area is 213 Å². The molecule has 1 atom stereocenters. The molecule has 0 radical (unpaired) electrons. The van der Waals surface area contributed by atoms with E-state index in [-0.39, 0.29) is 11.3 Å². The van der Waals surface area contributed by atoms with E-state index in [1.54, 1.807) is 24.3 Å². The summed E-state index contributed by atoms with van der Waals surface area (Å²) >= 11 is 3.47. The number of carbonyl (C=O) groups is 2. The first-order chi connectivity index (χ1) is 16.8. The fraction of sp³-hybridized carbons (Fsp3) is 0.214. The SMILES string of the molecule is CN(C)CCN1C(=O)C(=O)/C(=C(/O)c2ccc(OCc3ccccc3)cc2)C1c1cccc(Br)c1. The lowest BCUT2D eigenvalue weighted by Gasteiger charge is -2.26. The van der Waals surface area contributed by atoms with Crippen LogP contribution in [0.2, 0.25) is 0 Å². The van der Waals surface area contributed by atoms with Crippen LogP contribution in [0, 0.1) is 0 Å². The van der Waals surface area contributed by atoms with Crippen LogP contribution in [0.15, 0.2) is 88.9 Å². The molecule has 0 saturated carbocycles. The van der Waals surface area contributed by atoms with Gasteiger partial charge in [-0.3, -0.25) is 9.59 Å². The quantitative estimate of drug-likeness (QED) is 0.250. The summed E-state index contributed by atoms with van der Waals surface area (Å²) in [6.45, 7) is 1.37. The zero-order chi connectivity index (χ0) is 24.9. The number of aliphatic hydroxyl groups is 1. The van der Waals surface area contributed by atoms with E-state index in [9.17, 15) is 14.7 Å². The minimum Gasteiger partial charge on any atom is -0.507 e. The Hall–Kier alpha value is -3.42. The first kappa shape index (κ1) is 24.7. The molecule has 0 aromatic heterocycles. The third kappa shape index (κ3) is 5.63. The molecule has 1 aliphatic heterocycles. The highest BCUT2D eigenvalue weighted by Crippen LogP contribution is 2.40. The van der Waals surface area contributed by atoms with Gasteiger partial charge in [0, 0.05) is 23.1 Å². The van der Waals surface area contributed by atoms with Crippen molar-refractivity contribution in [1.29, 1.82) is 0 Å². The van der Waals surface area contributed by atoms with Crippen molar-refractivity contribution in [2.24, 2.45) is 0 Å². The van der Waals surface area contributed by atoms with Crippen molar-refractivity contribution in [3.05, 3.63) is 106 Å². The number of carbonyl (C=O) groups excluding carboxylic acids is 2. The fourth-order valence-electron chi connectivity index (χ4n) is 4.05. The van der Waals surface area contributed by atoms with Gasteiger partial charge >= 0.3 is 0 Å². The smallest absolute Gasteiger partial charge is 0.295 e. The Bertz CT molecular complexity index is 1240. The molecule has 1 heterocycles. The molecule has 0 bridgehead atoms. The lowest BCUT2D eigenvalue weighted by molar-refractivity contribution is -0.140. The number of likely N-dealkylation sites (tertiary alicyclic amines) is 1. The molecule has 1 aliphatic rings. The van der Waals surface area contributed by atoms with Crippen LogP contribution in [-0.4, -0.2) is 53.8 Å². The van der Waals surface area contributed by atoms with E-state index in [2.05, 4.69) is 15.9 Å². The summed E-state index contributed by atoms with van der Waals surface area (Å²) in [7, 11) is 3.82. The number of ketones is 1. The standard InChI is InChI=1S/C28H27BrN2O4/c1-30(2)15-16-31-25(21-9-6-10-22(29)17-21)24(27(33)28(31)34)26(32)20-11-13-23(14-12-20)35-18-19-7-4-3-5-8-19/h3-14,17,25,32H,15-16,18H2,1-2H3/b26-24+. The number of Topliss-reactive ketones (excluding diaryl/α,β-unsaturated/α-hetero) is 1. The van der Waals surface area contributed by atoms with Gasteiger partial charge in [0.05, 0.1) is 11.6 Å². The number of rotatable bonds is 8. The summed E-state index contributed by atoms with van der Waals surface area (Å²) < 4.78 is 6.66. The number of hydrogen-bond donors (Lipinski definition) is 1. The summed E-state index contributed by atoms with van der Waals surface area (Å²) in [5.41, 5.74) is 2.33. The molecular formula is C28H27BrN2O4. The predicted octanol–water partition coefficient (Wildman–Crippen LogP) is 5.01. The maximum absolute atomic E-state index is 13.1. The van der Waals surface area contributed by atoms with Crippen LogP contribution in [0.25, 0.3) is 5.76 Å². The van der Waals surface area contributed by atoms with Crippen LogP contribution < -0.4 is 4.74 Å². The molecule has 0 spiro atoms. The molecule has 1 fully saturated rings. The highest BCUT2D eigenvalue weighted by atomic mass is 79.9. The molecule has 0 aliphatic carbocycles. The van der Waals surface area contributed by atoms with Crippen LogP contribution in [0.4, 0.5) is 0 Å². The van der Waals surface area contributed by atoms with Crippen molar-refractivity contribution in [3.63, 3.8) is 0 Å². The van der Waals surface area contributed by atoms with Crippen LogP contribution >= 0.6 is 15.9 Å². The minimum atomic E-state index is -0.685. The van der Waals surface area contributed by atoms with Gasteiger partial charge in [-0.2, -0.15) is 0 Å². The number of hydrogen-bond acceptors (Lipinski definition) is 5. The van der Waals surface area contributed by atoms with E-state index in [0.717, 1.165) is 15.6 Å². The molecular weight excluding hydrogens is 508 g/mol. The van der Waals surface area contributed by atoms with Gasteiger partial charge in [0.25, 0.3) is 11.7 Å². The van der Waals surface area contributed by atoms with E-state index in [1.807, 2.05) is 73.6 Å². The Kier molecular flexibility index (Phi) is 7.68. The maximum Gasteiger partial charge on any atom is 0.295 e. The zero-order valence-electron chi connectivity index (χ0n) is 19.6. The number of halogens is 1. The third-order valence-electron chi connectivity index (χ3n) is 5.87. The van der Waals surface area contributed by atoms with E-state index >= 15 is 0 Å². The Morgan fingerprint density at radius 3 is 2.37 bits per heavy atom. The van der Waals surface area contributed by atoms with Crippen molar-refractivity contribution in [3.8, 4) is 5.75 Å². The van der Waals surface area contributed by atoms with Gasteiger partial charge < -0.3 is 19.6 Å². The lowest BCUT2D eigenvalue weighted by Crippen LogP contribution is -2.35. The lowest BCUT2D eigenvalue weighted by atomic mass is 9.95. The summed E-state index contributed by atoms with van der Waals surface area (Å²) in [5.74, 6) is -0.854. The first-order valence-electron chi connectivity index (χ1n) is 11.3. The molecule has 6 nitrogen and oxygen atoms in total. The predicted molar refractivity (Wildman–Crippen MR) is 139 cm³/mol. The van der Waals surface area contributed by atoms with Crippen LogP contribution in [0.3, 0.4) is 0 Å². The Balaban J connectivity index is 1.66. The molecule has 3 aromatic rings. The van der Waals surface area contributed by atoms with Crippen molar-refractivity contribution >= 4 is 33.4 Å². The van der Waals surface area contributed by atoms with Crippen molar-refractivity contribution < 1.29 is 19.4 Å². The minimum absolute atomic E-state index is 0.0878. The monoisotopic (exact) mass is 534 g/mol. The second-order valence-corrected chi connectivity index (χ2v) is 9.57. The number of ether oxygens (including phenoxy) is 1. The van der Waals surface area contributed by atoms with E-state index in [0.29, 0.717) is 31.0 Å². The average Bonchev–Trinajstić information content (AvgIpc) is 3.11.